The van der Waals surface area contributed by atoms with E-state index in [9.17, 15) is 14.7 Å². The number of rotatable bonds is 2. The molecule has 0 radical (unpaired) electrons. The third-order valence-electron chi connectivity index (χ3n) is 3.84. The summed E-state index contributed by atoms with van der Waals surface area (Å²) in [5.41, 5.74) is -1.06. The van der Waals surface area contributed by atoms with Gasteiger partial charge in [-0.25, -0.2) is 9.59 Å². The third kappa shape index (κ3) is 2.43. The zero-order chi connectivity index (χ0) is 13.2. The molecule has 1 aliphatic heterocycles. The number of nitrogens with zero attached hydrogens (tertiary/aromatic N) is 1. The highest BCUT2D eigenvalue weighted by Gasteiger charge is 2.43. The lowest BCUT2D eigenvalue weighted by molar-refractivity contribution is -0.144. The predicted molar refractivity (Wildman–Crippen MR) is 64.4 cm³/mol. The van der Waals surface area contributed by atoms with Crippen LogP contribution < -0.4 is 5.32 Å². The zero-order valence-corrected chi connectivity index (χ0v) is 10.6. The maximum absolute atomic E-state index is 12.2. The lowest BCUT2D eigenvalue weighted by Crippen LogP contribution is -2.59. The first-order valence-corrected chi connectivity index (χ1v) is 6.45. The topological polar surface area (TPSA) is 78.9 Å². The molecule has 102 valence electrons. The number of carboxylic acids is 1. The van der Waals surface area contributed by atoms with Crippen LogP contribution in [0.25, 0.3) is 0 Å². The monoisotopic (exact) mass is 256 g/mol. The molecule has 18 heavy (non-hydrogen) atoms. The van der Waals surface area contributed by atoms with Crippen molar-refractivity contribution < 1.29 is 19.4 Å². The lowest BCUT2D eigenvalue weighted by Gasteiger charge is -2.36. The molecule has 2 aliphatic rings. The minimum absolute atomic E-state index is 0.00834. The first-order valence-electron chi connectivity index (χ1n) is 6.45. The van der Waals surface area contributed by atoms with Gasteiger partial charge in [0.1, 0.15) is 5.54 Å². The van der Waals surface area contributed by atoms with Gasteiger partial charge in [0.05, 0.1) is 19.3 Å². The van der Waals surface area contributed by atoms with E-state index in [4.69, 9.17) is 4.74 Å². The third-order valence-corrected chi connectivity index (χ3v) is 3.84. The second-order valence-electron chi connectivity index (χ2n) is 5.14. The second-order valence-corrected chi connectivity index (χ2v) is 5.14. The van der Waals surface area contributed by atoms with Crippen molar-refractivity contribution in [2.45, 2.75) is 44.2 Å². The number of morpholine rings is 1. The first-order chi connectivity index (χ1) is 8.55. The van der Waals surface area contributed by atoms with Crippen LogP contribution >= 0.6 is 0 Å². The Morgan fingerprint density at radius 1 is 1.39 bits per heavy atom. The summed E-state index contributed by atoms with van der Waals surface area (Å²) >= 11 is 0. The van der Waals surface area contributed by atoms with Gasteiger partial charge >= 0.3 is 12.0 Å². The smallest absolute Gasteiger partial charge is 0.329 e. The van der Waals surface area contributed by atoms with Crippen LogP contribution in [0.4, 0.5) is 4.79 Å². The number of hydrogen-bond acceptors (Lipinski definition) is 3. The van der Waals surface area contributed by atoms with Gasteiger partial charge in [-0.1, -0.05) is 12.8 Å². The molecule has 0 bridgehead atoms. The second kappa shape index (κ2) is 5.14. The van der Waals surface area contributed by atoms with Crippen LogP contribution in [0.2, 0.25) is 0 Å². The number of hydrogen-bond donors (Lipinski definition) is 2. The van der Waals surface area contributed by atoms with Crippen LogP contribution in [0.15, 0.2) is 0 Å². The van der Waals surface area contributed by atoms with Gasteiger partial charge in [0.2, 0.25) is 0 Å². The quantitative estimate of drug-likeness (QED) is 0.766. The van der Waals surface area contributed by atoms with Crippen molar-refractivity contribution >= 4 is 12.0 Å². The average molecular weight is 256 g/mol. The van der Waals surface area contributed by atoms with E-state index in [0.29, 0.717) is 32.6 Å². The number of amides is 2. The van der Waals surface area contributed by atoms with E-state index in [2.05, 4.69) is 5.32 Å². The Morgan fingerprint density at radius 2 is 2.06 bits per heavy atom. The SMILES string of the molecule is CC1COCCN1C(=O)NC1(C(=O)O)CCCC1. The van der Waals surface area contributed by atoms with E-state index < -0.39 is 11.5 Å². The molecule has 1 saturated carbocycles. The van der Waals surface area contributed by atoms with Gasteiger partial charge in [-0.15, -0.1) is 0 Å². The van der Waals surface area contributed by atoms with Crippen molar-refractivity contribution in [3.05, 3.63) is 0 Å². The highest BCUT2D eigenvalue weighted by molar-refractivity contribution is 5.86. The van der Waals surface area contributed by atoms with E-state index >= 15 is 0 Å². The molecule has 6 nitrogen and oxygen atoms in total. The van der Waals surface area contributed by atoms with Crippen LogP contribution in [0.3, 0.4) is 0 Å². The Bertz CT molecular complexity index is 339. The summed E-state index contributed by atoms with van der Waals surface area (Å²) in [5.74, 6) is -0.922. The van der Waals surface area contributed by atoms with Gasteiger partial charge in [0.25, 0.3) is 0 Å². The normalized spacial score (nSPS) is 26.9. The molecule has 1 unspecified atom stereocenters. The molecule has 0 spiro atoms. The number of carbonyl (C=O) groups is 2. The fraction of sp³-hybridized carbons (Fsp3) is 0.833. The van der Waals surface area contributed by atoms with Crippen LogP contribution in [0, 0.1) is 0 Å². The molecule has 0 aromatic rings. The van der Waals surface area contributed by atoms with Crippen LogP contribution in [0.5, 0.6) is 0 Å². The fourth-order valence-corrected chi connectivity index (χ4v) is 2.68. The molecule has 0 aromatic heterocycles. The van der Waals surface area contributed by atoms with E-state index in [-0.39, 0.29) is 12.1 Å². The van der Waals surface area contributed by atoms with Gasteiger partial charge in [0, 0.05) is 6.54 Å². The minimum Gasteiger partial charge on any atom is -0.480 e. The molecule has 1 atom stereocenters. The average Bonchev–Trinajstić information content (AvgIpc) is 2.79. The Hall–Kier alpha value is -1.30. The van der Waals surface area contributed by atoms with E-state index in [1.165, 1.54) is 0 Å². The number of urea groups is 1. The fourth-order valence-electron chi connectivity index (χ4n) is 2.68. The number of carboxylic acid groups (broad SMARTS) is 1. The molecule has 1 aliphatic carbocycles. The van der Waals surface area contributed by atoms with Crippen LogP contribution in [-0.2, 0) is 9.53 Å². The summed E-state index contributed by atoms with van der Waals surface area (Å²) < 4.78 is 5.27. The number of aliphatic carboxylic acids is 1. The van der Waals surface area contributed by atoms with Gasteiger partial charge in [-0.3, -0.25) is 0 Å². The van der Waals surface area contributed by atoms with Crippen molar-refractivity contribution in [1.29, 1.82) is 0 Å². The van der Waals surface area contributed by atoms with Gasteiger partial charge in [-0.05, 0) is 19.8 Å². The van der Waals surface area contributed by atoms with Crippen molar-refractivity contribution in [3.63, 3.8) is 0 Å². The summed E-state index contributed by atoms with van der Waals surface area (Å²) in [4.78, 5) is 25.2. The highest BCUT2D eigenvalue weighted by atomic mass is 16.5. The maximum Gasteiger partial charge on any atom is 0.329 e. The van der Waals surface area contributed by atoms with Gasteiger partial charge in [-0.2, -0.15) is 0 Å². The summed E-state index contributed by atoms with van der Waals surface area (Å²) in [6, 6.07) is -0.291. The molecular formula is C12H20N2O4. The van der Waals surface area contributed by atoms with E-state index in [1.807, 2.05) is 6.92 Å². The molecule has 1 heterocycles. The van der Waals surface area contributed by atoms with Crippen LogP contribution in [-0.4, -0.2) is 53.3 Å². The minimum atomic E-state index is -1.06. The number of nitrogens with one attached hydrogen (secondary N) is 1. The summed E-state index contributed by atoms with van der Waals surface area (Å²) in [6.07, 6.45) is 2.75. The Kier molecular flexibility index (Phi) is 3.75. The van der Waals surface area contributed by atoms with E-state index in [0.717, 1.165) is 12.8 Å². The molecule has 2 N–H and O–H groups in total. The molecule has 6 heteroatoms. The van der Waals surface area contributed by atoms with Gasteiger partial charge in [0.15, 0.2) is 0 Å². The summed E-state index contributed by atoms with van der Waals surface area (Å²) in [7, 11) is 0. The molecular weight excluding hydrogens is 236 g/mol. The maximum atomic E-state index is 12.2. The molecule has 2 rings (SSSR count). The first kappa shape index (κ1) is 13.1. The summed E-state index contributed by atoms with van der Waals surface area (Å²) in [6.45, 7) is 3.44. The predicted octanol–water partition coefficient (Wildman–Crippen LogP) is 0.814. The Balaban J connectivity index is 2.03. The number of carbonyl (C=O) groups excluding carboxylic acids is 1. The lowest BCUT2D eigenvalue weighted by atomic mass is 9.98. The number of ether oxygens (including phenoxy) is 1. The van der Waals surface area contributed by atoms with Crippen molar-refractivity contribution in [1.82, 2.24) is 10.2 Å². The zero-order valence-electron chi connectivity index (χ0n) is 10.6. The largest absolute Gasteiger partial charge is 0.480 e. The van der Waals surface area contributed by atoms with Crippen LogP contribution in [0.1, 0.15) is 32.6 Å². The molecule has 2 fully saturated rings. The molecule has 0 aromatic carbocycles. The van der Waals surface area contributed by atoms with E-state index in [1.54, 1.807) is 4.90 Å². The van der Waals surface area contributed by atoms with Crippen molar-refractivity contribution in [2.75, 3.05) is 19.8 Å². The molecule has 2 amide bonds. The standard InChI is InChI=1S/C12H20N2O4/c1-9-8-18-7-6-14(9)11(17)13-12(10(15)16)4-2-3-5-12/h9H,2-8H2,1H3,(H,13,17)(H,15,16). The summed E-state index contributed by atoms with van der Waals surface area (Å²) in [5, 5.41) is 12.0. The molecule has 1 saturated heterocycles. The van der Waals surface area contributed by atoms with Crippen molar-refractivity contribution in [3.8, 4) is 0 Å². The Labute approximate surface area is 106 Å². The Morgan fingerprint density at radius 3 is 2.61 bits per heavy atom. The highest BCUT2D eigenvalue weighted by Crippen LogP contribution is 2.30. The van der Waals surface area contributed by atoms with Gasteiger partial charge < -0.3 is 20.1 Å². The van der Waals surface area contributed by atoms with Crippen molar-refractivity contribution in [2.24, 2.45) is 0 Å².